The Labute approximate surface area is 392 Å². The van der Waals surface area contributed by atoms with Crippen molar-refractivity contribution in [1.82, 2.24) is 4.57 Å². The first-order valence-electron chi connectivity index (χ1n) is 23.8. The number of rotatable bonds is 8. The number of anilines is 3. The van der Waals surface area contributed by atoms with Gasteiger partial charge in [-0.1, -0.05) is 207 Å². The molecule has 0 bridgehead atoms. The number of fused-ring (bicyclic) bond motifs is 8. The molecule has 1 saturated carbocycles. The van der Waals surface area contributed by atoms with Gasteiger partial charge in [0.05, 0.1) is 22.4 Å². The lowest BCUT2D eigenvalue weighted by Gasteiger charge is -2.31. The average molecular weight is 857 g/mol. The molecule has 67 heavy (non-hydrogen) atoms. The summed E-state index contributed by atoms with van der Waals surface area (Å²) in [5.74, 6) is 0. The first-order valence-corrected chi connectivity index (χ1v) is 23.8. The van der Waals surface area contributed by atoms with Crippen LogP contribution in [0.2, 0.25) is 0 Å². The van der Waals surface area contributed by atoms with Crippen LogP contribution in [0.1, 0.15) is 36.8 Å². The molecule has 0 unspecified atom stereocenters. The van der Waals surface area contributed by atoms with Crippen molar-refractivity contribution < 1.29 is 0 Å². The zero-order valence-corrected chi connectivity index (χ0v) is 37.3. The summed E-state index contributed by atoms with van der Waals surface area (Å²) >= 11 is 0. The minimum atomic E-state index is 0.0472. The fourth-order valence-corrected chi connectivity index (χ4v) is 11.8. The number of hydrogen-bond acceptors (Lipinski definition) is 1. The summed E-state index contributed by atoms with van der Waals surface area (Å²) in [4.78, 5) is 2.55. The van der Waals surface area contributed by atoms with Crippen molar-refractivity contribution >= 4 is 38.9 Å². The standard InChI is InChI=1S/C65H48N2/c1-3-20-46(21-4-1)50-24-7-8-25-51(50)52-26-9-10-27-53(52)54-28-12-15-33-60(54)66(62-35-19-32-59-64(62)57-30-11-14-31-58(57)65(59)42-17-18-43-65)49-39-36-45(37-40-49)47-38-41-56-55-29-13-16-34-61(55)67(63(56)44-47)48-22-5-2-6-23-48/h1-16,19-41,44H,17-18,42-43H2. The Hall–Kier alpha value is -8.20. The zero-order valence-electron chi connectivity index (χ0n) is 37.3. The van der Waals surface area contributed by atoms with E-state index in [4.69, 9.17) is 0 Å². The summed E-state index contributed by atoms with van der Waals surface area (Å²) in [6.07, 6.45) is 4.89. The molecule has 2 nitrogen and oxygen atoms in total. The van der Waals surface area contributed by atoms with Crippen LogP contribution in [0.25, 0.3) is 83.1 Å². The number of hydrogen-bond donors (Lipinski definition) is 0. The van der Waals surface area contributed by atoms with Gasteiger partial charge in [-0.15, -0.1) is 0 Å². The van der Waals surface area contributed by atoms with Crippen molar-refractivity contribution in [2.24, 2.45) is 0 Å². The Balaban J connectivity index is 1.01. The molecule has 0 aliphatic heterocycles. The van der Waals surface area contributed by atoms with E-state index in [1.807, 2.05) is 0 Å². The molecule has 1 spiro atoms. The average Bonchev–Trinajstić information content (AvgIpc) is 4.11. The highest BCUT2D eigenvalue weighted by Gasteiger charge is 2.46. The summed E-state index contributed by atoms with van der Waals surface area (Å²) < 4.78 is 2.40. The van der Waals surface area contributed by atoms with E-state index in [9.17, 15) is 0 Å². The third-order valence-electron chi connectivity index (χ3n) is 14.8. The van der Waals surface area contributed by atoms with Crippen LogP contribution in [0.4, 0.5) is 17.1 Å². The molecule has 13 rings (SSSR count). The fourth-order valence-electron chi connectivity index (χ4n) is 11.8. The number of benzene rings is 10. The molecule has 318 valence electrons. The second kappa shape index (κ2) is 16.0. The number of nitrogens with zero attached hydrogens (tertiary/aromatic N) is 2. The highest BCUT2D eigenvalue weighted by atomic mass is 15.1. The van der Waals surface area contributed by atoms with Gasteiger partial charge in [-0.25, -0.2) is 0 Å². The molecule has 0 N–H and O–H groups in total. The molecule has 1 fully saturated rings. The van der Waals surface area contributed by atoms with Crippen LogP contribution in [0.3, 0.4) is 0 Å². The lowest BCUT2D eigenvalue weighted by atomic mass is 9.77. The number of para-hydroxylation sites is 3. The highest BCUT2D eigenvalue weighted by molar-refractivity contribution is 6.10. The lowest BCUT2D eigenvalue weighted by Crippen LogP contribution is -2.20. The van der Waals surface area contributed by atoms with Gasteiger partial charge in [0.1, 0.15) is 0 Å². The van der Waals surface area contributed by atoms with Crippen LogP contribution in [0.15, 0.2) is 243 Å². The zero-order chi connectivity index (χ0) is 44.3. The molecule has 0 atom stereocenters. The summed E-state index contributed by atoms with van der Waals surface area (Å²) in [7, 11) is 0. The van der Waals surface area contributed by atoms with Gasteiger partial charge in [-0.05, 0) is 117 Å². The molecule has 2 heteroatoms. The molecular formula is C65H48N2. The second-order valence-corrected chi connectivity index (χ2v) is 18.3. The SMILES string of the molecule is c1ccc(-c2ccccc2-c2ccccc2-c2ccccc2N(c2ccc(-c3ccc4c5ccccc5n(-c5ccccc5)c4c3)cc2)c2cccc3c2-c2ccccc2C32CCCC2)cc1. The van der Waals surface area contributed by atoms with E-state index in [1.165, 1.54) is 120 Å². The summed E-state index contributed by atoms with van der Waals surface area (Å²) in [5.41, 5.74) is 22.4. The van der Waals surface area contributed by atoms with Crippen LogP contribution in [-0.4, -0.2) is 4.57 Å². The fraction of sp³-hybridized carbons (Fsp3) is 0.0769. The largest absolute Gasteiger partial charge is 0.309 e. The van der Waals surface area contributed by atoms with Gasteiger partial charge in [-0.3, -0.25) is 0 Å². The van der Waals surface area contributed by atoms with Crippen molar-refractivity contribution in [3.8, 4) is 61.3 Å². The molecule has 0 radical (unpaired) electrons. The lowest BCUT2D eigenvalue weighted by molar-refractivity contribution is 0.550. The molecule has 0 saturated heterocycles. The van der Waals surface area contributed by atoms with Crippen LogP contribution >= 0.6 is 0 Å². The molecule has 1 heterocycles. The maximum Gasteiger partial charge on any atom is 0.0547 e. The molecule has 1 aromatic heterocycles. The molecule has 10 aromatic carbocycles. The molecule has 11 aromatic rings. The summed E-state index contributed by atoms with van der Waals surface area (Å²) in [6.45, 7) is 0. The van der Waals surface area contributed by atoms with Gasteiger partial charge in [0, 0.05) is 38.7 Å². The van der Waals surface area contributed by atoms with Crippen LogP contribution < -0.4 is 4.90 Å². The number of aromatic nitrogens is 1. The highest BCUT2D eigenvalue weighted by Crippen LogP contribution is 2.60. The van der Waals surface area contributed by atoms with Gasteiger partial charge >= 0.3 is 0 Å². The first kappa shape index (κ1) is 39.2. The third-order valence-corrected chi connectivity index (χ3v) is 14.8. The van der Waals surface area contributed by atoms with E-state index in [0.717, 1.165) is 17.1 Å². The van der Waals surface area contributed by atoms with E-state index in [1.54, 1.807) is 0 Å². The smallest absolute Gasteiger partial charge is 0.0547 e. The predicted octanol–water partition coefficient (Wildman–Crippen LogP) is 17.8. The monoisotopic (exact) mass is 856 g/mol. The Morgan fingerprint density at radius 3 is 1.64 bits per heavy atom. The maximum absolute atomic E-state index is 2.55. The Kier molecular flexibility index (Phi) is 9.39. The first-order chi connectivity index (χ1) is 33.2. The van der Waals surface area contributed by atoms with E-state index in [0.29, 0.717) is 0 Å². The molecule has 2 aliphatic carbocycles. The van der Waals surface area contributed by atoms with Crippen LogP contribution in [-0.2, 0) is 5.41 Å². The van der Waals surface area contributed by atoms with Crippen LogP contribution in [0.5, 0.6) is 0 Å². The minimum absolute atomic E-state index is 0.0472. The van der Waals surface area contributed by atoms with Crippen molar-refractivity contribution in [2.75, 3.05) is 4.90 Å². The van der Waals surface area contributed by atoms with Crippen molar-refractivity contribution in [2.45, 2.75) is 31.1 Å². The summed E-state index contributed by atoms with van der Waals surface area (Å²) in [6, 6.07) is 89.8. The van der Waals surface area contributed by atoms with Gasteiger partial charge in [0.15, 0.2) is 0 Å². The minimum Gasteiger partial charge on any atom is -0.309 e. The van der Waals surface area contributed by atoms with Crippen molar-refractivity contribution in [3.63, 3.8) is 0 Å². The molecule has 0 amide bonds. The Morgan fingerprint density at radius 1 is 0.343 bits per heavy atom. The van der Waals surface area contributed by atoms with E-state index in [2.05, 4.69) is 252 Å². The van der Waals surface area contributed by atoms with Gasteiger partial charge < -0.3 is 9.47 Å². The Morgan fingerprint density at radius 2 is 0.881 bits per heavy atom. The van der Waals surface area contributed by atoms with E-state index >= 15 is 0 Å². The van der Waals surface area contributed by atoms with Crippen LogP contribution in [0, 0.1) is 0 Å². The maximum atomic E-state index is 2.55. The van der Waals surface area contributed by atoms with Gasteiger partial charge in [0.2, 0.25) is 0 Å². The predicted molar refractivity (Wildman–Crippen MR) is 282 cm³/mol. The Bertz CT molecular complexity index is 3630. The topological polar surface area (TPSA) is 8.17 Å². The normalized spacial score (nSPS) is 13.6. The molecule has 2 aliphatic rings. The second-order valence-electron chi connectivity index (χ2n) is 18.3. The molecular weight excluding hydrogens is 809 g/mol. The van der Waals surface area contributed by atoms with E-state index < -0.39 is 0 Å². The van der Waals surface area contributed by atoms with Crippen molar-refractivity contribution in [3.05, 3.63) is 254 Å². The van der Waals surface area contributed by atoms with E-state index in [-0.39, 0.29) is 5.41 Å². The van der Waals surface area contributed by atoms with Gasteiger partial charge in [-0.2, -0.15) is 0 Å². The van der Waals surface area contributed by atoms with Gasteiger partial charge in [0.25, 0.3) is 0 Å². The summed E-state index contributed by atoms with van der Waals surface area (Å²) in [5, 5.41) is 2.52. The van der Waals surface area contributed by atoms with Crippen molar-refractivity contribution in [1.29, 1.82) is 0 Å². The third kappa shape index (κ3) is 6.32. The quantitative estimate of drug-likeness (QED) is 0.148.